The second-order valence-corrected chi connectivity index (χ2v) is 7.20. The summed E-state index contributed by atoms with van der Waals surface area (Å²) in [6.45, 7) is 2.50. The number of ether oxygens (including phenoxy) is 1. The highest BCUT2D eigenvalue weighted by atomic mass is 32.1. The fraction of sp³-hybridized carbons (Fsp3) is 0.136. The van der Waals surface area contributed by atoms with E-state index in [0.29, 0.717) is 18.7 Å². The molecule has 0 saturated carbocycles. The minimum absolute atomic E-state index is 0.294. The molecule has 4 rings (SSSR count). The molecule has 0 fully saturated rings. The van der Waals surface area contributed by atoms with Gasteiger partial charge in [-0.3, -0.25) is 0 Å². The molecule has 0 aliphatic rings. The van der Waals surface area contributed by atoms with E-state index in [4.69, 9.17) is 10.5 Å². The molecule has 2 N–H and O–H groups in total. The molecule has 4 heteroatoms. The van der Waals surface area contributed by atoms with Crippen molar-refractivity contribution in [2.45, 2.75) is 13.5 Å². The van der Waals surface area contributed by atoms with Crippen molar-refractivity contribution in [2.75, 3.05) is 6.61 Å². The summed E-state index contributed by atoms with van der Waals surface area (Å²) in [7, 11) is 0. The van der Waals surface area contributed by atoms with E-state index < -0.39 is 0 Å². The Labute approximate surface area is 156 Å². The zero-order chi connectivity index (χ0) is 18.1. The van der Waals surface area contributed by atoms with Crippen LogP contribution in [0, 0.1) is 0 Å². The number of esters is 1. The maximum atomic E-state index is 12.4. The van der Waals surface area contributed by atoms with Gasteiger partial charge >= 0.3 is 5.97 Å². The molecule has 3 nitrogen and oxygen atoms in total. The Morgan fingerprint density at radius 1 is 1.04 bits per heavy atom. The molecule has 4 aromatic rings. The van der Waals surface area contributed by atoms with Gasteiger partial charge in [-0.25, -0.2) is 4.79 Å². The Morgan fingerprint density at radius 3 is 2.65 bits per heavy atom. The normalized spacial score (nSPS) is 11.2. The summed E-state index contributed by atoms with van der Waals surface area (Å²) in [4.78, 5) is 13.2. The van der Waals surface area contributed by atoms with Crippen LogP contribution >= 0.6 is 11.3 Å². The van der Waals surface area contributed by atoms with E-state index in [1.54, 1.807) is 11.3 Å². The number of nitrogens with two attached hydrogens (primary N) is 1. The molecular formula is C22H19NO2S. The number of carbonyl (C=O) groups is 1. The monoisotopic (exact) mass is 361 g/mol. The predicted molar refractivity (Wildman–Crippen MR) is 109 cm³/mol. The summed E-state index contributed by atoms with van der Waals surface area (Å²) in [5.74, 6) is -0.294. The Bertz CT molecular complexity index is 1110. The van der Waals surface area contributed by atoms with Gasteiger partial charge < -0.3 is 10.5 Å². The largest absolute Gasteiger partial charge is 0.462 e. The van der Waals surface area contributed by atoms with E-state index >= 15 is 0 Å². The molecule has 130 valence electrons. The number of rotatable bonds is 4. The molecule has 0 bridgehead atoms. The number of fused-ring (bicyclic) bond motifs is 2. The van der Waals surface area contributed by atoms with Crippen molar-refractivity contribution >= 4 is 38.2 Å². The van der Waals surface area contributed by atoms with Gasteiger partial charge in [-0.05, 0) is 34.9 Å². The number of benzene rings is 3. The second kappa shape index (κ2) is 6.90. The Balaban J connectivity index is 1.90. The van der Waals surface area contributed by atoms with Crippen molar-refractivity contribution in [1.82, 2.24) is 0 Å². The van der Waals surface area contributed by atoms with Crippen LogP contribution < -0.4 is 5.73 Å². The fourth-order valence-corrected chi connectivity index (χ4v) is 4.47. The maximum absolute atomic E-state index is 12.4. The van der Waals surface area contributed by atoms with Crippen LogP contribution in [0.5, 0.6) is 0 Å². The van der Waals surface area contributed by atoms with Crippen molar-refractivity contribution in [3.63, 3.8) is 0 Å². The Morgan fingerprint density at radius 2 is 1.85 bits per heavy atom. The van der Waals surface area contributed by atoms with E-state index in [-0.39, 0.29) is 5.97 Å². The van der Waals surface area contributed by atoms with Gasteiger partial charge in [-0.1, -0.05) is 54.6 Å². The van der Waals surface area contributed by atoms with Crippen LogP contribution in [0.2, 0.25) is 0 Å². The SMILES string of the molecule is CCOC(=O)c1c(CN)sc2cc(-c3cccc4ccccc34)ccc12. The van der Waals surface area contributed by atoms with Crippen LogP contribution in [0.1, 0.15) is 22.2 Å². The van der Waals surface area contributed by atoms with Gasteiger partial charge in [0.2, 0.25) is 0 Å². The third kappa shape index (κ3) is 2.77. The van der Waals surface area contributed by atoms with E-state index in [2.05, 4.69) is 48.5 Å². The first-order valence-electron chi connectivity index (χ1n) is 8.63. The standard InChI is InChI=1S/C22H19NO2S/c1-2-25-22(24)21-18-11-10-15(12-19(18)26-20(21)13-23)17-9-5-7-14-6-3-4-8-16(14)17/h3-12H,2,13,23H2,1H3. The zero-order valence-corrected chi connectivity index (χ0v) is 15.3. The van der Waals surface area contributed by atoms with Gasteiger partial charge in [-0.15, -0.1) is 11.3 Å². The topological polar surface area (TPSA) is 52.3 Å². The first-order valence-corrected chi connectivity index (χ1v) is 9.45. The molecular weight excluding hydrogens is 342 g/mol. The lowest BCUT2D eigenvalue weighted by Crippen LogP contribution is -2.08. The lowest BCUT2D eigenvalue weighted by molar-refractivity contribution is 0.0528. The van der Waals surface area contributed by atoms with E-state index in [9.17, 15) is 4.79 Å². The summed E-state index contributed by atoms with van der Waals surface area (Å²) in [6, 6.07) is 20.9. The fourth-order valence-electron chi connectivity index (χ4n) is 3.36. The van der Waals surface area contributed by atoms with Gasteiger partial charge in [0, 0.05) is 21.5 Å². The molecule has 26 heavy (non-hydrogen) atoms. The second-order valence-electron chi connectivity index (χ2n) is 6.06. The maximum Gasteiger partial charge on any atom is 0.339 e. The highest BCUT2D eigenvalue weighted by molar-refractivity contribution is 7.19. The third-order valence-electron chi connectivity index (χ3n) is 4.53. The van der Waals surface area contributed by atoms with E-state index in [1.165, 1.54) is 16.3 Å². The molecule has 0 amide bonds. The van der Waals surface area contributed by atoms with Crippen LogP contribution in [-0.2, 0) is 11.3 Å². The van der Waals surface area contributed by atoms with Crippen LogP contribution in [0.3, 0.4) is 0 Å². The molecule has 0 aliphatic carbocycles. The van der Waals surface area contributed by atoms with Crippen molar-refractivity contribution < 1.29 is 9.53 Å². The molecule has 0 saturated heterocycles. The minimum atomic E-state index is -0.294. The number of hydrogen-bond donors (Lipinski definition) is 1. The summed E-state index contributed by atoms with van der Waals surface area (Å²) < 4.78 is 6.28. The first-order chi connectivity index (χ1) is 12.7. The van der Waals surface area contributed by atoms with Crippen LogP contribution in [0.15, 0.2) is 60.7 Å². The molecule has 0 unspecified atom stereocenters. The van der Waals surface area contributed by atoms with Crippen molar-refractivity contribution in [3.8, 4) is 11.1 Å². The summed E-state index contributed by atoms with van der Waals surface area (Å²) in [5.41, 5.74) is 8.80. The molecule has 0 radical (unpaired) electrons. The number of carbonyl (C=O) groups excluding carboxylic acids is 1. The smallest absolute Gasteiger partial charge is 0.339 e. The first kappa shape index (κ1) is 16.8. The van der Waals surface area contributed by atoms with Gasteiger partial charge in [0.25, 0.3) is 0 Å². The minimum Gasteiger partial charge on any atom is -0.462 e. The van der Waals surface area contributed by atoms with Crippen LogP contribution in [0.4, 0.5) is 0 Å². The molecule has 0 atom stereocenters. The molecule has 1 aromatic heterocycles. The number of hydrogen-bond acceptors (Lipinski definition) is 4. The van der Waals surface area contributed by atoms with Crippen LogP contribution in [-0.4, -0.2) is 12.6 Å². The Kier molecular flexibility index (Phi) is 4.45. The highest BCUT2D eigenvalue weighted by Gasteiger charge is 2.19. The lowest BCUT2D eigenvalue weighted by atomic mass is 9.97. The van der Waals surface area contributed by atoms with Crippen molar-refractivity contribution in [3.05, 3.63) is 71.1 Å². The zero-order valence-electron chi connectivity index (χ0n) is 14.5. The lowest BCUT2D eigenvalue weighted by Gasteiger charge is -2.07. The Hall–Kier alpha value is -2.69. The van der Waals surface area contributed by atoms with Crippen molar-refractivity contribution in [2.24, 2.45) is 5.73 Å². The van der Waals surface area contributed by atoms with Gasteiger partial charge in [0.15, 0.2) is 0 Å². The van der Waals surface area contributed by atoms with Gasteiger partial charge in [0.1, 0.15) is 0 Å². The van der Waals surface area contributed by atoms with Gasteiger partial charge in [0.05, 0.1) is 12.2 Å². The third-order valence-corrected chi connectivity index (χ3v) is 5.70. The van der Waals surface area contributed by atoms with E-state index in [1.807, 2.05) is 19.1 Å². The summed E-state index contributed by atoms with van der Waals surface area (Å²) >= 11 is 1.57. The highest BCUT2D eigenvalue weighted by Crippen LogP contribution is 2.36. The summed E-state index contributed by atoms with van der Waals surface area (Å²) in [6.07, 6.45) is 0. The molecule has 0 aliphatic heterocycles. The average molecular weight is 361 g/mol. The predicted octanol–water partition coefficient (Wildman–Crippen LogP) is 5.36. The van der Waals surface area contributed by atoms with Gasteiger partial charge in [-0.2, -0.15) is 0 Å². The molecule has 3 aromatic carbocycles. The average Bonchev–Trinajstić information content (AvgIpc) is 3.05. The van der Waals surface area contributed by atoms with E-state index in [0.717, 1.165) is 20.5 Å². The van der Waals surface area contributed by atoms with Crippen molar-refractivity contribution in [1.29, 1.82) is 0 Å². The summed E-state index contributed by atoms with van der Waals surface area (Å²) in [5, 5.41) is 3.35. The van der Waals surface area contributed by atoms with Crippen LogP contribution in [0.25, 0.3) is 32.0 Å². The molecule has 1 heterocycles. The molecule has 0 spiro atoms. The number of thiophene rings is 1. The quantitative estimate of drug-likeness (QED) is 0.498.